The standard InChI is InChI=1S/C21H26FN3O2S/c1-24(12-15-28-20-5-3-2-4-19(20)22)16-21(26)23-17-6-8-18(9-7-17)25-10-13-27-14-11-25/h2-9H,10-16H2,1H3,(H,23,26)/p+1. The third-order valence-corrected chi connectivity index (χ3v) is 5.66. The number of halogens is 1. The fourth-order valence-corrected chi connectivity index (χ4v) is 4.09. The van der Waals surface area contributed by atoms with E-state index < -0.39 is 0 Å². The van der Waals surface area contributed by atoms with Crippen LogP contribution >= 0.6 is 11.8 Å². The maximum absolute atomic E-state index is 13.6. The first-order valence-corrected chi connectivity index (χ1v) is 10.5. The smallest absolute Gasteiger partial charge is 0.279 e. The number of carbonyl (C=O) groups excluding carboxylic acids is 1. The van der Waals surface area contributed by atoms with Crippen LogP contribution in [0.3, 0.4) is 0 Å². The molecule has 3 rings (SSSR count). The molecule has 7 heteroatoms. The Bertz CT molecular complexity index is 767. The third-order valence-electron chi connectivity index (χ3n) is 4.61. The minimum absolute atomic E-state index is 0.0208. The van der Waals surface area contributed by atoms with Gasteiger partial charge in [-0.2, -0.15) is 0 Å². The van der Waals surface area contributed by atoms with Gasteiger partial charge in [-0.05, 0) is 36.4 Å². The number of anilines is 2. The monoisotopic (exact) mass is 404 g/mol. The Balaban J connectivity index is 1.40. The van der Waals surface area contributed by atoms with E-state index in [-0.39, 0.29) is 11.7 Å². The van der Waals surface area contributed by atoms with E-state index in [1.165, 1.54) is 17.8 Å². The number of quaternary nitrogens is 1. The largest absolute Gasteiger partial charge is 0.378 e. The van der Waals surface area contributed by atoms with E-state index in [2.05, 4.69) is 10.2 Å². The highest BCUT2D eigenvalue weighted by molar-refractivity contribution is 7.99. The van der Waals surface area contributed by atoms with Crippen LogP contribution in [0.5, 0.6) is 0 Å². The van der Waals surface area contributed by atoms with E-state index in [1.54, 1.807) is 12.1 Å². The summed E-state index contributed by atoms with van der Waals surface area (Å²) in [6.45, 7) is 4.45. The van der Waals surface area contributed by atoms with Gasteiger partial charge in [0.25, 0.3) is 5.91 Å². The molecule has 0 saturated carbocycles. The number of carbonyl (C=O) groups is 1. The number of hydrogen-bond acceptors (Lipinski definition) is 4. The lowest BCUT2D eigenvalue weighted by Gasteiger charge is -2.28. The summed E-state index contributed by atoms with van der Waals surface area (Å²) in [6.07, 6.45) is 0. The van der Waals surface area contributed by atoms with Crippen molar-refractivity contribution in [1.82, 2.24) is 0 Å². The van der Waals surface area contributed by atoms with Crippen LogP contribution in [0, 0.1) is 5.82 Å². The number of nitrogens with zero attached hydrogens (tertiary/aromatic N) is 1. The van der Waals surface area contributed by atoms with Crippen molar-refractivity contribution in [2.24, 2.45) is 0 Å². The summed E-state index contributed by atoms with van der Waals surface area (Å²) in [6, 6.07) is 14.7. The zero-order valence-corrected chi connectivity index (χ0v) is 16.9. The molecule has 1 fully saturated rings. The number of hydrogen-bond donors (Lipinski definition) is 2. The fourth-order valence-electron chi connectivity index (χ4n) is 3.04. The Labute approximate surface area is 169 Å². The molecule has 1 aliphatic heterocycles. The lowest BCUT2D eigenvalue weighted by molar-refractivity contribution is -0.868. The van der Waals surface area contributed by atoms with E-state index in [0.717, 1.165) is 54.9 Å². The van der Waals surface area contributed by atoms with Crippen molar-refractivity contribution < 1.29 is 18.8 Å². The molecular weight excluding hydrogens is 377 g/mol. The summed E-state index contributed by atoms with van der Waals surface area (Å²) in [7, 11) is 1.98. The number of likely N-dealkylation sites (N-methyl/N-ethyl adjacent to an activating group) is 1. The first kappa shape index (κ1) is 20.6. The van der Waals surface area contributed by atoms with Crippen LogP contribution < -0.4 is 15.1 Å². The number of amides is 1. The minimum Gasteiger partial charge on any atom is -0.378 e. The van der Waals surface area contributed by atoms with Crippen LogP contribution in [0.4, 0.5) is 15.8 Å². The number of nitrogens with one attached hydrogen (secondary N) is 2. The van der Waals surface area contributed by atoms with Crippen molar-refractivity contribution in [2.45, 2.75) is 4.90 Å². The second kappa shape index (κ2) is 10.5. The van der Waals surface area contributed by atoms with Gasteiger partial charge in [0.15, 0.2) is 6.54 Å². The summed E-state index contributed by atoms with van der Waals surface area (Å²) in [5.74, 6) is 0.546. The van der Waals surface area contributed by atoms with Gasteiger partial charge in [0, 0.05) is 35.1 Å². The van der Waals surface area contributed by atoms with E-state index in [1.807, 2.05) is 37.4 Å². The van der Waals surface area contributed by atoms with Gasteiger partial charge in [0.1, 0.15) is 5.82 Å². The summed E-state index contributed by atoms with van der Waals surface area (Å²) in [5, 5.41) is 2.95. The highest BCUT2D eigenvalue weighted by atomic mass is 32.2. The second-order valence-electron chi connectivity index (χ2n) is 6.86. The van der Waals surface area contributed by atoms with E-state index in [4.69, 9.17) is 4.74 Å². The SMILES string of the molecule is C[NH+](CCSc1ccccc1F)CC(=O)Nc1ccc(N2CCOCC2)cc1. The summed E-state index contributed by atoms with van der Waals surface area (Å²) < 4.78 is 19.0. The first-order chi connectivity index (χ1) is 13.6. The molecule has 1 heterocycles. The number of benzene rings is 2. The van der Waals surface area contributed by atoms with Crippen LogP contribution in [-0.2, 0) is 9.53 Å². The predicted octanol–water partition coefficient (Wildman–Crippen LogP) is 1.91. The van der Waals surface area contributed by atoms with Gasteiger partial charge in [-0.1, -0.05) is 12.1 Å². The zero-order valence-electron chi connectivity index (χ0n) is 16.1. The Hall–Kier alpha value is -2.09. The first-order valence-electron chi connectivity index (χ1n) is 9.53. The van der Waals surface area contributed by atoms with Crippen LogP contribution in [0.15, 0.2) is 53.4 Å². The topological polar surface area (TPSA) is 46.0 Å². The molecule has 0 radical (unpaired) electrons. The van der Waals surface area contributed by atoms with Gasteiger partial charge in [-0.15, -0.1) is 11.8 Å². The highest BCUT2D eigenvalue weighted by Crippen LogP contribution is 2.20. The molecule has 2 aromatic rings. The molecule has 150 valence electrons. The number of rotatable bonds is 8. The normalized spacial score (nSPS) is 15.3. The molecule has 1 atom stereocenters. The molecule has 2 aromatic carbocycles. The molecule has 0 bridgehead atoms. The Morgan fingerprint density at radius 3 is 2.61 bits per heavy atom. The molecule has 1 aliphatic rings. The average molecular weight is 405 g/mol. The predicted molar refractivity (Wildman–Crippen MR) is 112 cm³/mol. The van der Waals surface area contributed by atoms with Crippen molar-refractivity contribution in [1.29, 1.82) is 0 Å². The molecule has 0 aromatic heterocycles. The molecule has 1 amide bonds. The Morgan fingerprint density at radius 2 is 1.89 bits per heavy atom. The Kier molecular flexibility index (Phi) is 7.71. The molecule has 0 spiro atoms. The third kappa shape index (κ3) is 6.22. The summed E-state index contributed by atoms with van der Waals surface area (Å²) >= 11 is 1.48. The zero-order chi connectivity index (χ0) is 19.8. The van der Waals surface area contributed by atoms with Gasteiger partial charge in [0.05, 0.1) is 26.8 Å². The van der Waals surface area contributed by atoms with Gasteiger partial charge >= 0.3 is 0 Å². The maximum Gasteiger partial charge on any atom is 0.279 e. The van der Waals surface area contributed by atoms with E-state index in [9.17, 15) is 9.18 Å². The van der Waals surface area contributed by atoms with Crippen LogP contribution in [0.1, 0.15) is 0 Å². The van der Waals surface area contributed by atoms with Crippen molar-refractivity contribution in [2.75, 3.05) is 62.4 Å². The van der Waals surface area contributed by atoms with E-state index >= 15 is 0 Å². The van der Waals surface area contributed by atoms with Crippen LogP contribution in [0.2, 0.25) is 0 Å². The van der Waals surface area contributed by atoms with E-state index in [0.29, 0.717) is 11.4 Å². The second-order valence-corrected chi connectivity index (χ2v) is 7.99. The summed E-state index contributed by atoms with van der Waals surface area (Å²) in [4.78, 5) is 16.3. The van der Waals surface area contributed by atoms with Crippen molar-refractivity contribution >= 4 is 29.0 Å². The molecule has 2 N–H and O–H groups in total. The van der Waals surface area contributed by atoms with Crippen molar-refractivity contribution in [3.8, 4) is 0 Å². The number of thioether (sulfide) groups is 1. The van der Waals surface area contributed by atoms with Gasteiger partial charge in [0.2, 0.25) is 0 Å². The number of ether oxygens (including phenoxy) is 1. The highest BCUT2D eigenvalue weighted by Gasteiger charge is 2.13. The van der Waals surface area contributed by atoms with Gasteiger partial charge in [-0.3, -0.25) is 4.79 Å². The van der Waals surface area contributed by atoms with Crippen molar-refractivity contribution in [3.63, 3.8) is 0 Å². The molecule has 1 saturated heterocycles. The lowest BCUT2D eigenvalue weighted by atomic mass is 10.2. The number of morpholine rings is 1. The van der Waals surface area contributed by atoms with Gasteiger partial charge < -0.3 is 19.9 Å². The summed E-state index contributed by atoms with van der Waals surface area (Å²) in [5.41, 5.74) is 1.95. The maximum atomic E-state index is 13.6. The molecule has 1 unspecified atom stereocenters. The molecule has 0 aliphatic carbocycles. The minimum atomic E-state index is -0.191. The average Bonchev–Trinajstić information content (AvgIpc) is 2.70. The fraction of sp³-hybridized carbons (Fsp3) is 0.381. The molecule has 28 heavy (non-hydrogen) atoms. The van der Waals surface area contributed by atoms with Crippen molar-refractivity contribution in [3.05, 3.63) is 54.3 Å². The Morgan fingerprint density at radius 1 is 1.18 bits per heavy atom. The quantitative estimate of drug-likeness (QED) is 0.660. The van der Waals surface area contributed by atoms with Crippen LogP contribution in [-0.4, -0.2) is 58.1 Å². The van der Waals surface area contributed by atoms with Crippen LogP contribution in [0.25, 0.3) is 0 Å². The molecular formula is C21H27FN3O2S+. The molecule has 5 nitrogen and oxygen atoms in total. The van der Waals surface area contributed by atoms with Gasteiger partial charge in [-0.25, -0.2) is 4.39 Å². The lowest BCUT2D eigenvalue weighted by Crippen LogP contribution is -3.10.